The van der Waals surface area contributed by atoms with E-state index >= 15 is 0 Å². The zero-order chi connectivity index (χ0) is 17.0. The second-order valence-corrected chi connectivity index (χ2v) is 5.77. The number of benzene rings is 1. The number of carbonyl (C=O) groups is 2. The van der Waals surface area contributed by atoms with E-state index in [0.717, 1.165) is 0 Å². The maximum atomic E-state index is 12.3. The van der Waals surface area contributed by atoms with Gasteiger partial charge in [0.25, 0.3) is 0 Å². The Kier molecular flexibility index (Phi) is 5.40. The molecule has 1 aromatic carbocycles. The fraction of sp³-hybridized carbons (Fsp3) is 0.429. The van der Waals surface area contributed by atoms with Gasteiger partial charge in [-0.05, 0) is 17.7 Å². The highest BCUT2D eigenvalue weighted by Crippen LogP contribution is 2.40. The molecule has 1 saturated heterocycles. The number of nitrogens with zero attached hydrogens (tertiary/aromatic N) is 1. The molecule has 0 N–H and O–H groups in total. The molecular formula is C14H14F3NO4S. The van der Waals surface area contributed by atoms with E-state index in [1.165, 1.54) is 42.0 Å². The summed E-state index contributed by atoms with van der Waals surface area (Å²) in [5.74, 6) is -0.771. The first kappa shape index (κ1) is 17.5. The minimum atomic E-state index is -4.78. The standard InChI is InChI=1S/C14H14F3NO4S/c1-21-12(20)5-6-18-11(19)8-23-13(18)9-3-2-4-10(7-9)22-14(15,16)17/h2-4,7,13H,5-6,8H2,1H3. The van der Waals surface area contributed by atoms with Crippen molar-refractivity contribution in [3.05, 3.63) is 29.8 Å². The lowest BCUT2D eigenvalue weighted by atomic mass is 10.2. The van der Waals surface area contributed by atoms with Crippen LogP contribution in [0.25, 0.3) is 0 Å². The third-order valence-corrected chi connectivity index (χ3v) is 4.39. The van der Waals surface area contributed by atoms with Gasteiger partial charge in [-0.2, -0.15) is 0 Å². The first-order valence-corrected chi connectivity index (χ1v) is 7.68. The molecular weight excluding hydrogens is 335 g/mol. The smallest absolute Gasteiger partial charge is 0.469 e. The van der Waals surface area contributed by atoms with Crippen molar-refractivity contribution in [2.45, 2.75) is 18.2 Å². The molecule has 1 fully saturated rings. The molecule has 2 rings (SSSR count). The largest absolute Gasteiger partial charge is 0.573 e. The Hall–Kier alpha value is -1.90. The van der Waals surface area contributed by atoms with E-state index in [0.29, 0.717) is 5.56 Å². The topological polar surface area (TPSA) is 55.8 Å². The van der Waals surface area contributed by atoms with E-state index < -0.39 is 17.7 Å². The van der Waals surface area contributed by atoms with Gasteiger partial charge < -0.3 is 14.4 Å². The SMILES string of the molecule is COC(=O)CCN1C(=O)CSC1c1cccc(OC(F)(F)F)c1. The van der Waals surface area contributed by atoms with Gasteiger partial charge >= 0.3 is 12.3 Å². The maximum Gasteiger partial charge on any atom is 0.573 e. The van der Waals surface area contributed by atoms with Crippen LogP contribution < -0.4 is 4.74 Å². The van der Waals surface area contributed by atoms with Crippen molar-refractivity contribution in [3.8, 4) is 5.75 Å². The van der Waals surface area contributed by atoms with Crippen molar-refractivity contribution in [1.29, 1.82) is 0 Å². The van der Waals surface area contributed by atoms with E-state index in [1.807, 2.05) is 0 Å². The van der Waals surface area contributed by atoms with Crippen LogP contribution in [0, 0.1) is 0 Å². The lowest BCUT2D eigenvalue weighted by Gasteiger charge is -2.24. The lowest BCUT2D eigenvalue weighted by molar-refractivity contribution is -0.274. The van der Waals surface area contributed by atoms with Gasteiger partial charge in [-0.25, -0.2) is 0 Å². The zero-order valence-corrected chi connectivity index (χ0v) is 12.9. The Morgan fingerprint density at radius 3 is 2.83 bits per heavy atom. The number of esters is 1. The van der Waals surface area contributed by atoms with Gasteiger partial charge in [-0.1, -0.05) is 12.1 Å². The molecule has 126 valence electrons. The van der Waals surface area contributed by atoms with Crippen molar-refractivity contribution < 1.29 is 32.2 Å². The van der Waals surface area contributed by atoms with Gasteiger partial charge in [-0.3, -0.25) is 9.59 Å². The van der Waals surface area contributed by atoms with Crippen LogP contribution in [-0.4, -0.2) is 42.5 Å². The van der Waals surface area contributed by atoms with Crippen LogP contribution in [0.4, 0.5) is 13.2 Å². The summed E-state index contributed by atoms with van der Waals surface area (Å²) in [6, 6.07) is 5.48. The van der Waals surface area contributed by atoms with Gasteiger partial charge in [0.15, 0.2) is 0 Å². The van der Waals surface area contributed by atoms with Gasteiger partial charge in [0.1, 0.15) is 11.1 Å². The minimum absolute atomic E-state index is 0.0258. The third-order valence-electron chi connectivity index (χ3n) is 3.13. The van der Waals surface area contributed by atoms with E-state index in [-0.39, 0.29) is 30.4 Å². The van der Waals surface area contributed by atoms with Crippen LogP contribution in [0.3, 0.4) is 0 Å². The van der Waals surface area contributed by atoms with Crippen molar-refractivity contribution >= 4 is 23.6 Å². The molecule has 1 aliphatic rings. The number of thioether (sulfide) groups is 1. The summed E-state index contributed by atoms with van der Waals surface area (Å²) in [5.41, 5.74) is 0.507. The number of hydrogen-bond donors (Lipinski definition) is 0. The van der Waals surface area contributed by atoms with Crippen LogP contribution in [0.15, 0.2) is 24.3 Å². The summed E-state index contributed by atoms with van der Waals surface area (Å²) in [6.07, 6.45) is -4.75. The Morgan fingerprint density at radius 1 is 1.43 bits per heavy atom. The lowest BCUT2D eigenvalue weighted by Crippen LogP contribution is -2.30. The first-order chi connectivity index (χ1) is 10.8. The van der Waals surface area contributed by atoms with Crippen molar-refractivity contribution in [1.82, 2.24) is 4.90 Å². The van der Waals surface area contributed by atoms with Crippen molar-refractivity contribution in [3.63, 3.8) is 0 Å². The Balaban J connectivity index is 2.14. The number of carbonyl (C=O) groups excluding carboxylic acids is 2. The fourth-order valence-corrected chi connectivity index (χ4v) is 3.36. The molecule has 5 nitrogen and oxygen atoms in total. The summed E-state index contributed by atoms with van der Waals surface area (Å²) < 4.78 is 45.3. The van der Waals surface area contributed by atoms with Crippen LogP contribution in [0.1, 0.15) is 17.4 Å². The summed E-state index contributed by atoms with van der Waals surface area (Å²) in [4.78, 5) is 24.6. The fourth-order valence-electron chi connectivity index (χ4n) is 2.15. The molecule has 1 atom stereocenters. The second-order valence-electron chi connectivity index (χ2n) is 4.70. The molecule has 1 heterocycles. The highest BCUT2D eigenvalue weighted by Gasteiger charge is 2.34. The quantitative estimate of drug-likeness (QED) is 0.765. The molecule has 0 spiro atoms. The summed E-state index contributed by atoms with van der Waals surface area (Å²) in [6.45, 7) is 0.146. The van der Waals surface area contributed by atoms with E-state index in [9.17, 15) is 22.8 Å². The zero-order valence-electron chi connectivity index (χ0n) is 12.1. The van der Waals surface area contributed by atoms with Gasteiger partial charge in [-0.15, -0.1) is 24.9 Å². The molecule has 0 bridgehead atoms. The Morgan fingerprint density at radius 2 is 2.17 bits per heavy atom. The number of methoxy groups -OCH3 is 1. The van der Waals surface area contributed by atoms with Crippen LogP contribution >= 0.6 is 11.8 Å². The number of hydrogen-bond acceptors (Lipinski definition) is 5. The number of ether oxygens (including phenoxy) is 2. The highest BCUT2D eigenvalue weighted by atomic mass is 32.2. The molecule has 1 unspecified atom stereocenters. The van der Waals surface area contributed by atoms with E-state index in [2.05, 4.69) is 9.47 Å². The summed E-state index contributed by atoms with van der Waals surface area (Å²) >= 11 is 1.29. The molecule has 0 saturated carbocycles. The summed E-state index contributed by atoms with van der Waals surface area (Å²) in [7, 11) is 1.25. The predicted octanol–water partition coefficient (Wildman–Crippen LogP) is 2.72. The van der Waals surface area contributed by atoms with Gasteiger partial charge in [0, 0.05) is 6.54 Å². The molecule has 1 aliphatic heterocycles. The van der Waals surface area contributed by atoms with Gasteiger partial charge in [0.05, 0.1) is 19.3 Å². The molecule has 1 amide bonds. The minimum Gasteiger partial charge on any atom is -0.469 e. The Labute approximate surface area is 134 Å². The van der Waals surface area contributed by atoms with Gasteiger partial charge in [0.2, 0.25) is 5.91 Å². The molecule has 23 heavy (non-hydrogen) atoms. The average Bonchev–Trinajstić information content (AvgIpc) is 2.84. The van der Waals surface area contributed by atoms with Crippen LogP contribution in [0.5, 0.6) is 5.75 Å². The normalized spacial score (nSPS) is 18.2. The Bertz CT molecular complexity index is 594. The van der Waals surface area contributed by atoms with E-state index in [4.69, 9.17) is 0 Å². The molecule has 0 aliphatic carbocycles. The van der Waals surface area contributed by atoms with Crippen molar-refractivity contribution in [2.24, 2.45) is 0 Å². The second kappa shape index (κ2) is 7.12. The molecule has 0 radical (unpaired) electrons. The first-order valence-electron chi connectivity index (χ1n) is 6.64. The number of alkyl halides is 3. The van der Waals surface area contributed by atoms with Crippen molar-refractivity contribution in [2.75, 3.05) is 19.4 Å². The van der Waals surface area contributed by atoms with E-state index in [1.54, 1.807) is 6.07 Å². The molecule has 0 aromatic heterocycles. The summed E-state index contributed by atoms with van der Waals surface area (Å²) in [5, 5.41) is -0.455. The maximum absolute atomic E-state index is 12.3. The monoisotopic (exact) mass is 349 g/mol. The average molecular weight is 349 g/mol. The van der Waals surface area contributed by atoms with Crippen LogP contribution in [0.2, 0.25) is 0 Å². The number of rotatable bonds is 5. The predicted molar refractivity (Wildman–Crippen MR) is 76.7 cm³/mol. The molecule has 1 aromatic rings. The van der Waals surface area contributed by atoms with Crippen LogP contribution in [-0.2, 0) is 14.3 Å². The number of halogens is 3. The number of amides is 1. The molecule has 9 heteroatoms. The highest BCUT2D eigenvalue weighted by molar-refractivity contribution is 8.00. The third kappa shape index (κ3) is 4.78.